The first kappa shape index (κ1) is 25.3. The molecule has 0 saturated heterocycles. The highest BCUT2D eigenvalue weighted by molar-refractivity contribution is 6.03. The fourth-order valence-corrected chi connectivity index (χ4v) is 3.94. The Kier molecular flexibility index (Phi) is 7.44. The minimum absolute atomic E-state index is 0.0371. The number of fused-ring (bicyclic) bond motifs is 1. The molecule has 0 saturated carbocycles. The number of methoxy groups -OCH3 is 2. The summed E-state index contributed by atoms with van der Waals surface area (Å²) in [4.78, 5) is 20.4. The van der Waals surface area contributed by atoms with Gasteiger partial charge < -0.3 is 24.5 Å². The van der Waals surface area contributed by atoms with Crippen LogP contribution < -0.4 is 19.5 Å². The molecule has 1 amide bonds. The first-order valence-electron chi connectivity index (χ1n) is 11.6. The van der Waals surface area contributed by atoms with E-state index < -0.39 is 5.91 Å². The molecule has 2 N–H and O–H groups in total. The highest BCUT2D eigenvalue weighted by Crippen LogP contribution is 2.30. The Bertz CT molecular complexity index is 1510. The number of pyridine rings is 1. The van der Waals surface area contributed by atoms with Crippen molar-refractivity contribution in [3.63, 3.8) is 0 Å². The molecule has 190 valence electrons. The summed E-state index contributed by atoms with van der Waals surface area (Å²) in [5.74, 6) is 1.21. The molecule has 10 nitrogen and oxygen atoms in total. The van der Waals surface area contributed by atoms with Crippen molar-refractivity contribution < 1.29 is 19.0 Å². The van der Waals surface area contributed by atoms with Crippen LogP contribution >= 0.6 is 0 Å². The molecule has 0 aliphatic carbocycles. The second kappa shape index (κ2) is 10.9. The van der Waals surface area contributed by atoms with Crippen LogP contribution in [0.4, 0.5) is 0 Å². The molecule has 0 spiro atoms. The molecule has 37 heavy (non-hydrogen) atoms. The monoisotopic (exact) mass is 500 g/mol. The van der Waals surface area contributed by atoms with E-state index in [2.05, 4.69) is 20.4 Å². The van der Waals surface area contributed by atoms with Crippen LogP contribution in [0.1, 0.15) is 35.5 Å². The Balaban J connectivity index is 1.52. The van der Waals surface area contributed by atoms with Crippen LogP contribution in [0.25, 0.3) is 17.1 Å². The number of nitrogens with zero attached hydrogens (tertiary/aromatic N) is 4. The summed E-state index contributed by atoms with van der Waals surface area (Å²) in [7, 11) is 4.97. The van der Waals surface area contributed by atoms with E-state index in [1.165, 1.54) is 6.08 Å². The lowest BCUT2D eigenvalue weighted by Crippen LogP contribution is -2.27. The third kappa shape index (κ3) is 5.56. The second-order valence-corrected chi connectivity index (χ2v) is 8.48. The van der Waals surface area contributed by atoms with Gasteiger partial charge in [-0.15, -0.1) is 0 Å². The molecule has 4 rings (SSSR count). The van der Waals surface area contributed by atoms with Gasteiger partial charge in [0, 0.05) is 24.2 Å². The SMILES string of the molecule is COc1ccc([C@@H](C)NC(=O)/C(C#N)=C/c2c[nH]c3ncc(OCc4cc(C)nn4C)cc23)cc1OC. The molecule has 1 aromatic carbocycles. The average Bonchev–Trinajstić information content (AvgIpc) is 3.45. The van der Waals surface area contributed by atoms with E-state index in [-0.39, 0.29) is 11.6 Å². The van der Waals surface area contributed by atoms with Crippen LogP contribution in [-0.4, -0.2) is 39.9 Å². The van der Waals surface area contributed by atoms with E-state index >= 15 is 0 Å². The lowest BCUT2D eigenvalue weighted by molar-refractivity contribution is -0.117. The molecular weight excluding hydrogens is 472 g/mol. The van der Waals surface area contributed by atoms with E-state index in [4.69, 9.17) is 14.2 Å². The fraction of sp³-hybridized carbons (Fsp3) is 0.259. The maximum absolute atomic E-state index is 12.9. The van der Waals surface area contributed by atoms with Crippen LogP contribution in [0.15, 0.2) is 48.3 Å². The van der Waals surface area contributed by atoms with Gasteiger partial charge in [0.1, 0.15) is 29.6 Å². The molecule has 3 aromatic heterocycles. The van der Waals surface area contributed by atoms with Crippen molar-refractivity contribution in [2.75, 3.05) is 14.2 Å². The molecule has 1 atom stereocenters. The van der Waals surface area contributed by atoms with Gasteiger partial charge in [0.15, 0.2) is 11.5 Å². The van der Waals surface area contributed by atoms with Crippen LogP contribution in [0, 0.1) is 18.3 Å². The molecule has 0 radical (unpaired) electrons. The number of carbonyl (C=O) groups is 1. The highest BCUT2D eigenvalue weighted by Gasteiger charge is 2.17. The summed E-state index contributed by atoms with van der Waals surface area (Å²) in [5, 5.41) is 17.6. The van der Waals surface area contributed by atoms with E-state index in [0.29, 0.717) is 35.1 Å². The number of hydrogen-bond acceptors (Lipinski definition) is 7. The van der Waals surface area contributed by atoms with Crippen molar-refractivity contribution in [2.45, 2.75) is 26.5 Å². The van der Waals surface area contributed by atoms with Gasteiger partial charge in [-0.1, -0.05) is 6.07 Å². The summed E-state index contributed by atoms with van der Waals surface area (Å²) in [6.07, 6.45) is 4.86. The molecule has 0 aliphatic rings. The molecule has 0 bridgehead atoms. The van der Waals surface area contributed by atoms with Crippen molar-refractivity contribution in [2.24, 2.45) is 7.05 Å². The topological polar surface area (TPSA) is 127 Å². The number of nitrogens with one attached hydrogen (secondary N) is 2. The summed E-state index contributed by atoms with van der Waals surface area (Å²) in [6.45, 7) is 4.09. The molecule has 3 heterocycles. The number of carbonyl (C=O) groups excluding carboxylic acids is 1. The molecule has 0 aliphatic heterocycles. The second-order valence-electron chi connectivity index (χ2n) is 8.48. The predicted octanol–water partition coefficient (Wildman–Crippen LogP) is 3.99. The van der Waals surface area contributed by atoms with Gasteiger partial charge in [-0.3, -0.25) is 9.48 Å². The number of aryl methyl sites for hydroxylation is 2. The van der Waals surface area contributed by atoms with E-state index in [0.717, 1.165) is 22.3 Å². The Hall–Kier alpha value is -4.78. The number of aromatic amines is 1. The normalized spacial score (nSPS) is 12.2. The van der Waals surface area contributed by atoms with Crippen molar-refractivity contribution in [3.8, 4) is 23.3 Å². The number of benzene rings is 1. The number of aromatic nitrogens is 4. The van der Waals surface area contributed by atoms with Crippen LogP contribution in [-0.2, 0) is 18.4 Å². The van der Waals surface area contributed by atoms with Crippen LogP contribution in [0.5, 0.6) is 17.2 Å². The number of rotatable bonds is 9. The van der Waals surface area contributed by atoms with Crippen molar-refractivity contribution in [3.05, 3.63) is 70.8 Å². The van der Waals surface area contributed by atoms with Gasteiger partial charge in [0.05, 0.1) is 37.8 Å². The Morgan fingerprint density at radius 3 is 2.70 bits per heavy atom. The van der Waals surface area contributed by atoms with Gasteiger partial charge in [-0.05, 0) is 49.8 Å². The van der Waals surface area contributed by atoms with Gasteiger partial charge in [-0.2, -0.15) is 10.4 Å². The summed E-state index contributed by atoms with van der Waals surface area (Å²) >= 11 is 0. The molecule has 0 fully saturated rings. The largest absolute Gasteiger partial charge is 0.493 e. The minimum atomic E-state index is -0.494. The molecule has 0 unspecified atom stereocenters. The van der Waals surface area contributed by atoms with Gasteiger partial charge in [0.2, 0.25) is 0 Å². The van der Waals surface area contributed by atoms with Crippen molar-refractivity contribution in [1.29, 1.82) is 5.26 Å². The molecule has 10 heteroatoms. The van der Waals surface area contributed by atoms with Gasteiger partial charge >= 0.3 is 0 Å². The first-order valence-corrected chi connectivity index (χ1v) is 11.6. The third-order valence-electron chi connectivity index (χ3n) is 5.94. The quantitative estimate of drug-likeness (QED) is 0.263. The Labute approximate surface area is 214 Å². The smallest absolute Gasteiger partial charge is 0.262 e. The highest BCUT2D eigenvalue weighted by atomic mass is 16.5. The Morgan fingerprint density at radius 1 is 1.24 bits per heavy atom. The Morgan fingerprint density at radius 2 is 2.03 bits per heavy atom. The van der Waals surface area contributed by atoms with Crippen molar-refractivity contribution in [1.82, 2.24) is 25.1 Å². The number of nitriles is 1. The number of H-pyrrole nitrogens is 1. The molecule has 4 aromatic rings. The summed E-state index contributed by atoms with van der Waals surface area (Å²) in [6, 6.07) is 10.8. The predicted molar refractivity (Wildman–Crippen MR) is 138 cm³/mol. The van der Waals surface area contributed by atoms with Crippen LogP contribution in [0.3, 0.4) is 0 Å². The van der Waals surface area contributed by atoms with Gasteiger partial charge in [-0.25, -0.2) is 4.98 Å². The van der Waals surface area contributed by atoms with E-state index in [1.54, 1.807) is 43.4 Å². The molecular formula is C27H28N6O4. The summed E-state index contributed by atoms with van der Waals surface area (Å²) < 4.78 is 18.3. The zero-order valence-electron chi connectivity index (χ0n) is 21.3. The number of hydrogen-bond donors (Lipinski definition) is 2. The average molecular weight is 501 g/mol. The fourth-order valence-electron chi connectivity index (χ4n) is 3.94. The maximum atomic E-state index is 12.9. The lowest BCUT2D eigenvalue weighted by Gasteiger charge is -2.16. The van der Waals surface area contributed by atoms with E-state index in [1.807, 2.05) is 45.2 Å². The number of amides is 1. The maximum Gasteiger partial charge on any atom is 0.262 e. The minimum Gasteiger partial charge on any atom is -0.493 e. The zero-order valence-corrected chi connectivity index (χ0v) is 21.3. The van der Waals surface area contributed by atoms with E-state index in [9.17, 15) is 10.1 Å². The number of ether oxygens (including phenoxy) is 3. The lowest BCUT2D eigenvalue weighted by atomic mass is 10.1. The standard InChI is InChI=1S/C27H28N6O4/c1-16-8-21(33(3)32-16)15-37-22-11-23-20(13-29-26(23)30-14-22)9-19(12-28)27(34)31-17(2)18-6-7-24(35-4)25(10-18)36-5/h6-11,13-14,17H,15H2,1-5H3,(H,29,30)(H,31,34)/b19-9+/t17-/m1/s1. The van der Waals surface area contributed by atoms with Gasteiger partial charge in [0.25, 0.3) is 5.91 Å². The first-order chi connectivity index (χ1) is 17.8. The zero-order chi connectivity index (χ0) is 26.5. The van der Waals surface area contributed by atoms with Crippen molar-refractivity contribution >= 4 is 23.0 Å². The van der Waals surface area contributed by atoms with Crippen LogP contribution in [0.2, 0.25) is 0 Å². The summed E-state index contributed by atoms with van der Waals surface area (Å²) in [5.41, 5.74) is 3.88. The third-order valence-corrected chi connectivity index (χ3v) is 5.94.